The van der Waals surface area contributed by atoms with Gasteiger partial charge in [0.05, 0.1) is 7.39 Å². The number of rotatable bonds is 3. The Morgan fingerprint density at radius 1 is 1.62 bits per heavy atom. The Balaban J connectivity index is 3.58. The van der Waals surface area contributed by atoms with Crippen LogP contribution < -0.4 is 5.32 Å². The lowest BCUT2D eigenvalue weighted by atomic mass is 10.0. The van der Waals surface area contributed by atoms with E-state index in [1.54, 1.807) is 0 Å². The molecule has 1 rings (SSSR count). The van der Waals surface area contributed by atoms with Gasteiger partial charge in [0.15, 0.2) is 5.78 Å². The first-order chi connectivity index (χ1) is 11.4. The molecule has 3 heteroatoms. The minimum atomic E-state index is -3.37. The number of halogens is 1. The van der Waals surface area contributed by atoms with Crippen molar-refractivity contribution in [2.24, 2.45) is 0 Å². The van der Waals surface area contributed by atoms with Crippen molar-refractivity contribution in [3.8, 4) is 0 Å². The van der Waals surface area contributed by atoms with Crippen molar-refractivity contribution < 1.29 is 18.5 Å². The Bertz CT molecular complexity index is 667. The monoisotopic (exact) mass is 249 g/mol. The van der Waals surface area contributed by atoms with E-state index in [0.717, 1.165) is 13.0 Å². The Labute approximate surface area is 116 Å². The van der Waals surface area contributed by atoms with Crippen LogP contribution in [-0.2, 0) is 0 Å². The number of nitrogens with one attached hydrogen (secondary N) is 1. The summed E-state index contributed by atoms with van der Waals surface area (Å²) in [5, 5.41) is 1.93. The van der Waals surface area contributed by atoms with Crippen LogP contribution in [0.3, 0.4) is 0 Å². The Morgan fingerprint density at radius 2 is 2.38 bits per heavy atom. The minimum Gasteiger partial charge on any atom is -0.303 e. The summed E-state index contributed by atoms with van der Waals surface area (Å²) in [4.78, 5) is 12.8. The summed E-state index contributed by atoms with van der Waals surface area (Å²) in [6.07, 6.45) is 0. The van der Waals surface area contributed by atoms with Crippen LogP contribution in [0.4, 0.5) is 0 Å². The van der Waals surface area contributed by atoms with Crippen molar-refractivity contribution in [2.45, 2.75) is 39.0 Å². The molecule has 0 unspecified atom stereocenters. The van der Waals surface area contributed by atoms with E-state index in [4.69, 9.17) is 25.3 Å². The minimum absolute atomic E-state index is 0.0955. The average molecular weight is 250 g/mol. The number of carbonyl (C=O) groups excluding carboxylic acids is 1. The van der Waals surface area contributed by atoms with Gasteiger partial charge in [-0.05, 0) is 39.6 Å². The second kappa shape index (κ2) is 4.98. The van der Waals surface area contributed by atoms with Gasteiger partial charge < -0.3 is 5.32 Å². The fraction of sp³-hybridized carbons (Fsp3) is 0.462. The summed E-state index contributed by atoms with van der Waals surface area (Å²) in [6, 6.07) is 1.86. The first kappa shape index (κ1) is 4.79. The van der Waals surface area contributed by atoms with E-state index in [-0.39, 0.29) is 10.6 Å². The lowest BCUT2D eigenvalue weighted by Crippen LogP contribution is -2.46. The number of hydrogen-bond acceptors (Lipinski definition) is 2. The molecule has 1 atom stereocenters. The van der Waals surface area contributed by atoms with Crippen LogP contribution in [0, 0.1) is 0 Å². The van der Waals surface area contributed by atoms with Gasteiger partial charge in [-0.15, -0.1) is 0 Å². The van der Waals surface area contributed by atoms with Crippen molar-refractivity contribution in [1.29, 1.82) is 0 Å². The lowest BCUT2D eigenvalue weighted by Gasteiger charge is -2.25. The molecule has 0 heterocycles. The number of hydrogen-bond donors (Lipinski definition) is 1. The molecule has 0 aromatic heterocycles. The number of Topliss-reactive ketones (excluding diaryl/α,β-unsaturated/α-hetero) is 1. The molecule has 0 bridgehead atoms. The lowest BCUT2D eigenvalue weighted by molar-refractivity contribution is 0.0936. The van der Waals surface area contributed by atoms with Crippen molar-refractivity contribution >= 4 is 17.4 Å². The highest BCUT2D eigenvalue weighted by molar-refractivity contribution is 6.31. The molecular weight excluding hydrogens is 222 g/mol. The SMILES string of the molecule is [2H]C([2H])([2H])C(C)(N[C@]([2H])(C(=O)c1cccc(Cl)c1)C([2H])([2H])[2H])C([2H])([2H])[2H]. The smallest absolute Gasteiger partial charge is 0.179 e. The molecule has 0 saturated carbocycles. The zero-order valence-corrected chi connectivity index (χ0v) is 9.35. The third-order valence-electron chi connectivity index (χ3n) is 1.69. The zero-order valence-electron chi connectivity index (χ0n) is 18.6. The van der Waals surface area contributed by atoms with Crippen molar-refractivity contribution in [3.63, 3.8) is 0 Å². The van der Waals surface area contributed by atoms with Crippen molar-refractivity contribution in [2.75, 3.05) is 0 Å². The molecule has 0 aliphatic rings. The topological polar surface area (TPSA) is 29.1 Å². The van der Waals surface area contributed by atoms with Crippen LogP contribution in [0.5, 0.6) is 0 Å². The van der Waals surface area contributed by atoms with E-state index in [1.165, 1.54) is 18.2 Å². The van der Waals surface area contributed by atoms with Crippen molar-refractivity contribution in [3.05, 3.63) is 34.9 Å². The summed E-state index contributed by atoms with van der Waals surface area (Å²) in [6.45, 7) is -9.09. The van der Waals surface area contributed by atoms with Gasteiger partial charge in [-0.1, -0.05) is 23.7 Å². The molecule has 16 heavy (non-hydrogen) atoms. The van der Waals surface area contributed by atoms with Gasteiger partial charge in [0.1, 0.15) is 0 Å². The molecule has 0 spiro atoms. The van der Waals surface area contributed by atoms with Crippen molar-refractivity contribution in [1.82, 2.24) is 5.32 Å². The maximum Gasteiger partial charge on any atom is 0.179 e. The second-order valence-electron chi connectivity index (χ2n) is 3.46. The molecule has 1 aromatic rings. The molecular formula is C13H18ClNO. The van der Waals surface area contributed by atoms with E-state index < -0.39 is 37.9 Å². The summed E-state index contributed by atoms with van der Waals surface area (Å²) >= 11 is 5.78. The normalized spacial score (nSPS) is 27.1. The first-order valence-corrected chi connectivity index (χ1v) is 4.84. The largest absolute Gasteiger partial charge is 0.303 e. The van der Waals surface area contributed by atoms with E-state index in [9.17, 15) is 4.79 Å². The van der Waals surface area contributed by atoms with Gasteiger partial charge >= 0.3 is 0 Å². The number of carbonyl (C=O) groups is 1. The van der Waals surface area contributed by atoms with Crippen LogP contribution >= 0.6 is 11.6 Å². The van der Waals surface area contributed by atoms with Gasteiger partial charge in [-0.2, -0.15) is 0 Å². The highest BCUT2D eigenvalue weighted by Gasteiger charge is 2.20. The fourth-order valence-corrected chi connectivity index (χ4v) is 1.27. The summed E-state index contributed by atoms with van der Waals surface area (Å²) in [5.41, 5.74) is -3.10. The Morgan fingerprint density at radius 3 is 2.94 bits per heavy atom. The van der Waals surface area contributed by atoms with E-state index in [2.05, 4.69) is 0 Å². The van der Waals surface area contributed by atoms with E-state index in [1.807, 2.05) is 5.32 Å². The summed E-state index contributed by atoms with van der Waals surface area (Å²) in [5.74, 6) is -1.32. The van der Waals surface area contributed by atoms with Gasteiger partial charge in [0.25, 0.3) is 0 Å². The molecule has 0 aliphatic carbocycles. The number of benzene rings is 1. The van der Waals surface area contributed by atoms with E-state index in [0.29, 0.717) is 0 Å². The van der Waals surface area contributed by atoms with Gasteiger partial charge in [-0.25, -0.2) is 0 Å². The molecule has 2 nitrogen and oxygen atoms in total. The number of ketones is 1. The van der Waals surface area contributed by atoms with E-state index >= 15 is 0 Å². The van der Waals surface area contributed by atoms with Crippen LogP contribution in [-0.4, -0.2) is 17.3 Å². The Hall–Kier alpha value is -0.860. The molecule has 0 aliphatic heterocycles. The highest BCUT2D eigenvalue weighted by Crippen LogP contribution is 2.13. The van der Waals surface area contributed by atoms with Crippen LogP contribution in [0.1, 0.15) is 51.5 Å². The second-order valence-corrected chi connectivity index (χ2v) is 3.90. The predicted octanol–water partition coefficient (Wildman–Crippen LogP) is 3.30. The Kier molecular flexibility index (Phi) is 1.49. The fourth-order valence-electron chi connectivity index (χ4n) is 1.08. The first-order valence-electron chi connectivity index (χ1n) is 9.46. The third kappa shape index (κ3) is 3.95. The molecule has 88 valence electrons. The third-order valence-corrected chi connectivity index (χ3v) is 1.92. The zero-order chi connectivity index (χ0) is 20.8. The average Bonchev–Trinajstić information content (AvgIpc) is 2.42. The maximum absolute atomic E-state index is 12.8. The van der Waals surface area contributed by atoms with Crippen LogP contribution in [0.15, 0.2) is 24.3 Å². The van der Waals surface area contributed by atoms with Crippen LogP contribution in [0.2, 0.25) is 5.02 Å². The molecule has 0 saturated heterocycles. The standard InChI is InChI=1S/C13H18ClNO/c1-9(15-13(2,3)4)12(16)10-6-5-7-11(14)8-10/h5-9,15H,1-4H3/t9-/m0/s1/i1D3,2D3,3D3,9D. The van der Waals surface area contributed by atoms with Gasteiger partial charge in [0, 0.05) is 28.5 Å². The molecule has 0 amide bonds. The molecule has 0 fully saturated rings. The van der Waals surface area contributed by atoms with Gasteiger partial charge in [0.2, 0.25) is 0 Å². The molecule has 0 radical (unpaired) electrons. The van der Waals surface area contributed by atoms with Gasteiger partial charge in [-0.3, -0.25) is 4.79 Å². The maximum atomic E-state index is 12.8. The summed E-state index contributed by atoms with van der Waals surface area (Å²) < 4.78 is 76.0. The predicted molar refractivity (Wildman–Crippen MR) is 68.1 cm³/mol. The molecule has 1 aromatic carbocycles. The quantitative estimate of drug-likeness (QED) is 0.833. The highest BCUT2D eigenvalue weighted by atomic mass is 35.5. The molecule has 1 N–H and O–H groups in total. The van der Waals surface area contributed by atoms with Crippen LogP contribution in [0.25, 0.3) is 0 Å². The summed E-state index contributed by atoms with van der Waals surface area (Å²) in [7, 11) is 0.